The number of allylic oxidation sites excluding steroid dienone is 1. The number of rotatable bonds is 7. The Morgan fingerprint density at radius 3 is 2.24 bits per heavy atom. The Hall–Kier alpha value is -3.23. The van der Waals surface area contributed by atoms with Crippen molar-refractivity contribution in [2.75, 3.05) is 14.2 Å². The average molecular weight is 450 g/mol. The van der Waals surface area contributed by atoms with Gasteiger partial charge in [0.1, 0.15) is 12.4 Å². The molecule has 0 amide bonds. The lowest BCUT2D eigenvalue weighted by Gasteiger charge is -2.09. The van der Waals surface area contributed by atoms with Gasteiger partial charge in [-0.1, -0.05) is 40.2 Å². The third kappa shape index (κ3) is 5.40. The molecular formula is C24H20BrNO3. The van der Waals surface area contributed by atoms with Crippen LogP contribution in [-0.4, -0.2) is 14.2 Å². The van der Waals surface area contributed by atoms with Crippen LogP contribution in [0.5, 0.6) is 17.2 Å². The van der Waals surface area contributed by atoms with Crippen molar-refractivity contribution >= 4 is 27.6 Å². The van der Waals surface area contributed by atoms with Gasteiger partial charge in [0.15, 0.2) is 11.5 Å². The molecule has 29 heavy (non-hydrogen) atoms. The summed E-state index contributed by atoms with van der Waals surface area (Å²) in [7, 11) is 3.16. The summed E-state index contributed by atoms with van der Waals surface area (Å²) in [6.07, 6.45) is 1.83. The molecule has 0 radical (unpaired) electrons. The molecule has 0 saturated heterocycles. The first kappa shape index (κ1) is 20.5. The molecule has 0 atom stereocenters. The largest absolute Gasteiger partial charge is 0.493 e. The van der Waals surface area contributed by atoms with Crippen LogP contribution >= 0.6 is 15.9 Å². The first-order chi connectivity index (χ1) is 14.1. The molecule has 3 aromatic carbocycles. The van der Waals surface area contributed by atoms with Crippen molar-refractivity contribution in [2.45, 2.75) is 6.61 Å². The molecule has 0 aliphatic carbocycles. The van der Waals surface area contributed by atoms with Gasteiger partial charge in [0.2, 0.25) is 0 Å². The molecule has 0 aliphatic rings. The van der Waals surface area contributed by atoms with Gasteiger partial charge in [-0.15, -0.1) is 0 Å². The lowest BCUT2D eigenvalue weighted by Crippen LogP contribution is -1.95. The molecule has 0 aliphatic heterocycles. The molecule has 3 rings (SSSR count). The fourth-order valence-electron chi connectivity index (χ4n) is 2.76. The zero-order valence-corrected chi connectivity index (χ0v) is 17.8. The number of hydrogen-bond acceptors (Lipinski definition) is 4. The van der Waals surface area contributed by atoms with Crippen molar-refractivity contribution in [3.05, 3.63) is 87.9 Å². The number of ether oxygens (including phenoxy) is 3. The minimum absolute atomic E-state index is 0.498. The van der Waals surface area contributed by atoms with Crippen LogP contribution in [-0.2, 0) is 6.61 Å². The lowest BCUT2D eigenvalue weighted by molar-refractivity contribution is 0.306. The van der Waals surface area contributed by atoms with Gasteiger partial charge < -0.3 is 14.2 Å². The van der Waals surface area contributed by atoms with Crippen molar-refractivity contribution < 1.29 is 14.2 Å². The fraction of sp³-hybridized carbons (Fsp3) is 0.125. The van der Waals surface area contributed by atoms with E-state index in [-0.39, 0.29) is 0 Å². The summed E-state index contributed by atoms with van der Waals surface area (Å²) in [5.74, 6) is 1.98. The van der Waals surface area contributed by atoms with Crippen molar-refractivity contribution in [2.24, 2.45) is 0 Å². The maximum atomic E-state index is 9.60. The number of benzene rings is 3. The van der Waals surface area contributed by atoms with Crippen molar-refractivity contribution in [3.63, 3.8) is 0 Å². The van der Waals surface area contributed by atoms with Gasteiger partial charge >= 0.3 is 0 Å². The fourth-order valence-corrected chi connectivity index (χ4v) is 3.02. The maximum absolute atomic E-state index is 9.60. The highest BCUT2D eigenvalue weighted by atomic mass is 79.9. The number of nitrogens with zero attached hydrogens (tertiary/aromatic N) is 1. The summed E-state index contributed by atoms with van der Waals surface area (Å²) in [5.41, 5.74) is 3.31. The summed E-state index contributed by atoms with van der Waals surface area (Å²) in [5, 5.41) is 9.60. The van der Waals surface area contributed by atoms with E-state index in [1.807, 2.05) is 60.7 Å². The zero-order valence-electron chi connectivity index (χ0n) is 16.2. The van der Waals surface area contributed by atoms with Crippen LogP contribution < -0.4 is 14.2 Å². The smallest absolute Gasteiger partial charge is 0.161 e. The molecule has 0 aromatic heterocycles. The van der Waals surface area contributed by atoms with Gasteiger partial charge in [-0.25, -0.2) is 0 Å². The zero-order chi connectivity index (χ0) is 20.6. The van der Waals surface area contributed by atoms with Crippen molar-refractivity contribution in [1.82, 2.24) is 0 Å². The molecule has 0 N–H and O–H groups in total. The normalized spacial score (nSPS) is 10.9. The van der Waals surface area contributed by atoms with E-state index in [1.54, 1.807) is 26.4 Å². The first-order valence-electron chi connectivity index (χ1n) is 8.94. The van der Waals surface area contributed by atoms with Gasteiger partial charge in [-0.3, -0.25) is 0 Å². The van der Waals surface area contributed by atoms with Crippen molar-refractivity contribution in [3.8, 4) is 23.3 Å². The molecule has 0 spiro atoms. The average Bonchev–Trinajstić information content (AvgIpc) is 2.77. The Morgan fingerprint density at radius 2 is 1.62 bits per heavy atom. The Morgan fingerprint density at radius 1 is 0.931 bits per heavy atom. The Bertz CT molecular complexity index is 1040. The summed E-state index contributed by atoms with van der Waals surface area (Å²) < 4.78 is 17.4. The third-order valence-electron chi connectivity index (χ3n) is 4.32. The molecule has 5 heteroatoms. The Balaban J connectivity index is 1.73. The van der Waals surface area contributed by atoms with E-state index >= 15 is 0 Å². The van der Waals surface area contributed by atoms with Crippen LogP contribution in [0.4, 0.5) is 0 Å². The monoisotopic (exact) mass is 449 g/mol. The second kappa shape index (κ2) is 9.81. The second-order valence-corrected chi connectivity index (χ2v) is 7.14. The standard InChI is InChI=1S/C24H20BrNO3/c1-27-23-12-7-19(14-24(23)28-2)20(15-26)13-17-5-10-22(11-6-17)29-16-18-3-8-21(25)9-4-18/h3-14H,16H2,1-2H3/b20-13+. The van der Waals surface area contributed by atoms with Gasteiger partial charge in [0, 0.05) is 4.47 Å². The Kier molecular flexibility index (Phi) is 6.94. The maximum Gasteiger partial charge on any atom is 0.161 e. The summed E-state index contributed by atoms with van der Waals surface area (Å²) in [4.78, 5) is 0. The van der Waals surface area contributed by atoms with E-state index in [9.17, 15) is 5.26 Å². The number of halogens is 1. The van der Waals surface area contributed by atoms with Crippen LogP contribution in [0.25, 0.3) is 11.6 Å². The molecule has 0 fully saturated rings. The molecule has 0 saturated carbocycles. The first-order valence-corrected chi connectivity index (χ1v) is 9.73. The molecule has 3 aromatic rings. The molecule has 146 valence electrons. The van der Waals surface area contributed by atoms with Gasteiger partial charge in [-0.2, -0.15) is 5.26 Å². The van der Waals surface area contributed by atoms with Crippen LogP contribution in [0.2, 0.25) is 0 Å². The van der Waals surface area contributed by atoms with E-state index in [1.165, 1.54) is 0 Å². The van der Waals surface area contributed by atoms with E-state index in [0.717, 1.165) is 26.9 Å². The highest BCUT2D eigenvalue weighted by molar-refractivity contribution is 9.10. The number of nitriles is 1. The number of methoxy groups -OCH3 is 2. The minimum Gasteiger partial charge on any atom is -0.493 e. The summed E-state index contributed by atoms with van der Waals surface area (Å²) in [6, 6.07) is 23.3. The molecular weight excluding hydrogens is 430 g/mol. The van der Waals surface area contributed by atoms with E-state index in [4.69, 9.17) is 14.2 Å². The molecule has 0 heterocycles. The number of hydrogen-bond donors (Lipinski definition) is 0. The summed E-state index contributed by atoms with van der Waals surface area (Å²) >= 11 is 3.42. The van der Waals surface area contributed by atoms with Gasteiger partial charge in [0.05, 0.1) is 25.9 Å². The Labute approximate surface area is 179 Å². The van der Waals surface area contributed by atoms with E-state index < -0.39 is 0 Å². The quantitative estimate of drug-likeness (QED) is 0.322. The highest BCUT2D eigenvalue weighted by Gasteiger charge is 2.08. The minimum atomic E-state index is 0.498. The van der Waals surface area contributed by atoms with Gasteiger partial charge in [-0.05, 0) is 65.2 Å². The molecule has 0 bridgehead atoms. The predicted molar refractivity (Wildman–Crippen MR) is 118 cm³/mol. The van der Waals surface area contributed by atoms with E-state index in [0.29, 0.717) is 23.7 Å². The van der Waals surface area contributed by atoms with Crippen LogP contribution in [0, 0.1) is 11.3 Å². The molecule has 0 unspecified atom stereocenters. The van der Waals surface area contributed by atoms with Crippen LogP contribution in [0.15, 0.2) is 71.2 Å². The lowest BCUT2D eigenvalue weighted by atomic mass is 10.0. The molecule has 4 nitrogen and oxygen atoms in total. The summed E-state index contributed by atoms with van der Waals surface area (Å²) in [6.45, 7) is 0.498. The SMILES string of the molecule is COc1ccc(/C(C#N)=C/c2ccc(OCc3ccc(Br)cc3)cc2)cc1OC. The van der Waals surface area contributed by atoms with Crippen LogP contribution in [0.1, 0.15) is 16.7 Å². The third-order valence-corrected chi connectivity index (χ3v) is 4.85. The topological polar surface area (TPSA) is 51.5 Å². The highest BCUT2D eigenvalue weighted by Crippen LogP contribution is 2.31. The van der Waals surface area contributed by atoms with Crippen LogP contribution in [0.3, 0.4) is 0 Å². The van der Waals surface area contributed by atoms with E-state index in [2.05, 4.69) is 22.0 Å². The second-order valence-electron chi connectivity index (χ2n) is 6.22. The predicted octanol–water partition coefficient (Wildman–Crippen LogP) is 6.11. The van der Waals surface area contributed by atoms with Crippen molar-refractivity contribution in [1.29, 1.82) is 5.26 Å². The van der Waals surface area contributed by atoms with Gasteiger partial charge in [0.25, 0.3) is 0 Å².